The van der Waals surface area contributed by atoms with Crippen LogP contribution in [0, 0.1) is 5.92 Å². The largest absolute Gasteiger partial charge is 0.396 e. The lowest BCUT2D eigenvalue weighted by Gasteiger charge is -2.42. The summed E-state index contributed by atoms with van der Waals surface area (Å²) >= 11 is 0. The second-order valence-corrected chi connectivity index (χ2v) is 6.42. The van der Waals surface area contributed by atoms with Crippen molar-refractivity contribution >= 4 is 5.91 Å². The van der Waals surface area contributed by atoms with Crippen LogP contribution in [-0.4, -0.2) is 69.2 Å². The quantitative estimate of drug-likeness (QED) is 0.784. The Hall–Kier alpha value is -1.73. The van der Waals surface area contributed by atoms with E-state index in [-0.39, 0.29) is 25.1 Å². The van der Waals surface area contributed by atoms with Crippen LogP contribution in [0.3, 0.4) is 0 Å². The van der Waals surface area contributed by atoms with Crippen LogP contribution < -0.4 is 5.69 Å². The molecule has 0 aromatic carbocycles. The molecule has 1 aliphatic rings. The topological polar surface area (TPSA) is 78.7 Å². The molecule has 1 fully saturated rings. The third-order valence-corrected chi connectivity index (χ3v) is 4.11. The fourth-order valence-corrected chi connectivity index (χ4v) is 3.00. The van der Waals surface area contributed by atoms with Gasteiger partial charge in [-0.05, 0) is 18.4 Å². The highest BCUT2D eigenvalue weighted by atomic mass is 16.3. The first kappa shape index (κ1) is 17.6. The van der Waals surface area contributed by atoms with Crippen molar-refractivity contribution in [3.8, 4) is 0 Å². The molecule has 7 nitrogen and oxygen atoms in total. The molecule has 1 aromatic rings. The van der Waals surface area contributed by atoms with Crippen LogP contribution in [0.1, 0.15) is 20.3 Å². The van der Waals surface area contributed by atoms with E-state index < -0.39 is 5.69 Å². The molecule has 1 unspecified atom stereocenters. The van der Waals surface area contributed by atoms with Gasteiger partial charge in [-0.25, -0.2) is 9.78 Å². The minimum absolute atomic E-state index is 0.0166. The van der Waals surface area contributed by atoms with Gasteiger partial charge in [0.1, 0.15) is 6.54 Å². The molecular formula is C16H26N4O3. The Labute approximate surface area is 136 Å². The fraction of sp³-hybridized carbons (Fsp3) is 0.688. The summed E-state index contributed by atoms with van der Waals surface area (Å²) in [6, 6.07) is 1.81. The summed E-state index contributed by atoms with van der Waals surface area (Å²) in [4.78, 5) is 31.9. The SMILES string of the molecule is CC(C)CN1CCN(C(=O)Cn2cccnc2=O)CC1CCO. The van der Waals surface area contributed by atoms with Crippen molar-refractivity contribution in [1.29, 1.82) is 0 Å². The molecule has 7 heteroatoms. The highest BCUT2D eigenvalue weighted by Gasteiger charge is 2.29. The summed E-state index contributed by atoms with van der Waals surface area (Å²) in [5.74, 6) is 0.472. The summed E-state index contributed by atoms with van der Waals surface area (Å²) in [6.45, 7) is 7.49. The van der Waals surface area contributed by atoms with Gasteiger partial charge in [-0.15, -0.1) is 0 Å². The Balaban J connectivity index is 1.99. The number of amides is 1. The third kappa shape index (κ3) is 4.87. The molecule has 1 N–H and O–H groups in total. The zero-order valence-electron chi connectivity index (χ0n) is 13.9. The minimum atomic E-state index is -0.411. The van der Waals surface area contributed by atoms with Crippen molar-refractivity contribution in [3.63, 3.8) is 0 Å². The summed E-state index contributed by atoms with van der Waals surface area (Å²) in [5.41, 5.74) is -0.411. The van der Waals surface area contributed by atoms with E-state index >= 15 is 0 Å². The molecule has 1 aromatic heterocycles. The third-order valence-electron chi connectivity index (χ3n) is 4.11. The van der Waals surface area contributed by atoms with E-state index in [1.54, 1.807) is 17.2 Å². The van der Waals surface area contributed by atoms with Crippen LogP contribution in [-0.2, 0) is 11.3 Å². The van der Waals surface area contributed by atoms with Crippen LogP contribution in [0.15, 0.2) is 23.3 Å². The van der Waals surface area contributed by atoms with E-state index in [0.717, 1.165) is 13.1 Å². The number of aliphatic hydroxyl groups is 1. The lowest BCUT2D eigenvalue weighted by atomic mass is 10.1. The van der Waals surface area contributed by atoms with Gasteiger partial charge >= 0.3 is 5.69 Å². The molecule has 1 atom stereocenters. The Bertz CT molecular complexity index is 572. The van der Waals surface area contributed by atoms with Gasteiger partial charge in [0, 0.05) is 51.2 Å². The number of hydrogen-bond acceptors (Lipinski definition) is 5. The summed E-state index contributed by atoms with van der Waals surface area (Å²) < 4.78 is 1.32. The Kier molecular flexibility index (Phi) is 6.29. The first-order valence-electron chi connectivity index (χ1n) is 8.15. The molecule has 2 rings (SSSR count). The maximum atomic E-state index is 12.5. The van der Waals surface area contributed by atoms with Crippen LogP contribution in [0.4, 0.5) is 0 Å². The van der Waals surface area contributed by atoms with Gasteiger partial charge in [-0.1, -0.05) is 13.8 Å². The van der Waals surface area contributed by atoms with E-state index in [1.807, 2.05) is 0 Å². The average molecular weight is 322 g/mol. The molecule has 0 radical (unpaired) electrons. The van der Waals surface area contributed by atoms with Crippen molar-refractivity contribution in [3.05, 3.63) is 28.9 Å². The highest BCUT2D eigenvalue weighted by molar-refractivity contribution is 5.76. The maximum absolute atomic E-state index is 12.5. The van der Waals surface area contributed by atoms with Crippen molar-refractivity contribution < 1.29 is 9.90 Å². The van der Waals surface area contributed by atoms with Gasteiger partial charge in [-0.2, -0.15) is 0 Å². The van der Waals surface area contributed by atoms with E-state index in [4.69, 9.17) is 0 Å². The summed E-state index contributed by atoms with van der Waals surface area (Å²) in [5, 5.41) is 9.28. The van der Waals surface area contributed by atoms with Crippen LogP contribution in [0.5, 0.6) is 0 Å². The standard InChI is InChI=1S/C16H26N4O3/c1-13(2)10-18-7-8-19(11-14(18)4-9-21)15(22)12-20-6-3-5-17-16(20)23/h3,5-6,13-14,21H,4,7-12H2,1-2H3. The van der Waals surface area contributed by atoms with Crippen molar-refractivity contribution in [2.75, 3.05) is 32.8 Å². The molecule has 0 saturated carbocycles. The van der Waals surface area contributed by atoms with Crippen LogP contribution >= 0.6 is 0 Å². The molecule has 2 heterocycles. The van der Waals surface area contributed by atoms with Gasteiger partial charge in [0.2, 0.25) is 5.91 Å². The number of nitrogens with zero attached hydrogens (tertiary/aromatic N) is 4. The molecular weight excluding hydrogens is 296 g/mol. The van der Waals surface area contributed by atoms with Crippen LogP contribution in [0.25, 0.3) is 0 Å². The lowest BCUT2D eigenvalue weighted by Crippen LogP contribution is -2.56. The van der Waals surface area contributed by atoms with Gasteiger partial charge < -0.3 is 10.0 Å². The number of aliphatic hydroxyl groups excluding tert-OH is 1. The first-order chi connectivity index (χ1) is 11.0. The predicted molar refractivity (Wildman–Crippen MR) is 87.0 cm³/mol. The molecule has 1 aliphatic heterocycles. The Morgan fingerprint density at radius 3 is 2.87 bits per heavy atom. The highest BCUT2D eigenvalue weighted by Crippen LogP contribution is 2.15. The normalized spacial score (nSPS) is 19.3. The Morgan fingerprint density at radius 1 is 1.43 bits per heavy atom. The maximum Gasteiger partial charge on any atom is 0.347 e. The molecule has 1 saturated heterocycles. The number of piperazine rings is 1. The second-order valence-electron chi connectivity index (χ2n) is 6.42. The molecule has 0 bridgehead atoms. The average Bonchev–Trinajstić information content (AvgIpc) is 2.51. The van der Waals surface area contributed by atoms with Crippen molar-refractivity contribution in [1.82, 2.24) is 19.4 Å². The number of aromatic nitrogens is 2. The lowest BCUT2D eigenvalue weighted by molar-refractivity contribution is -0.135. The Morgan fingerprint density at radius 2 is 2.22 bits per heavy atom. The zero-order valence-corrected chi connectivity index (χ0v) is 13.9. The molecule has 0 spiro atoms. The van der Waals surface area contributed by atoms with E-state index in [1.165, 1.54) is 10.8 Å². The summed E-state index contributed by atoms with van der Waals surface area (Å²) in [6.07, 6.45) is 3.65. The molecule has 23 heavy (non-hydrogen) atoms. The van der Waals surface area contributed by atoms with Crippen LogP contribution in [0.2, 0.25) is 0 Å². The van der Waals surface area contributed by atoms with Gasteiger partial charge in [0.05, 0.1) is 0 Å². The van der Waals surface area contributed by atoms with Crippen molar-refractivity contribution in [2.45, 2.75) is 32.9 Å². The van der Waals surface area contributed by atoms with Gasteiger partial charge in [0.25, 0.3) is 0 Å². The van der Waals surface area contributed by atoms with Gasteiger partial charge in [-0.3, -0.25) is 14.3 Å². The van der Waals surface area contributed by atoms with Crippen molar-refractivity contribution in [2.24, 2.45) is 5.92 Å². The fourth-order valence-electron chi connectivity index (χ4n) is 3.00. The van der Waals surface area contributed by atoms with E-state index in [0.29, 0.717) is 25.4 Å². The first-order valence-corrected chi connectivity index (χ1v) is 8.15. The second kappa shape index (κ2) is 8.21. The predicted octanol–water partition coefficient (Wildman–Crippen LogP) is -0.205. The molecule has 1 amide bonds. The molecule has 128 valence electrons. The summed E-state index contributed by atoms with van der Waals surface area (Å²) in [7, 11) is 0. The van der Waals surface area contributed by atoms with Gasteiger partial charge in [0.15, 0.2) is 0 Å². The number of rotatable bonds is 6. The minimum Gasteiger partial charge on any atom is -0.396 e. The smallest absolute Gasteiger partial charge is 0.347 e. The number of carbonyl (C=O) groups is 1. The van der Waals surface area contributed by atoms with E-state index in [2.05, 4.69) is 23.7 Å². The monoisotopic (exact) mass is 322 g/mol. The molecule has 0 aliphatic carbocycles. The van der Waals surface area contributed by atoms with E-state index in [9.17, 15) is 14.7 Å². The number of hydrogen-bond donors (Lipinski definition) is 1. The number of carbonyl (C=O) groups excluding carboxylic acids is 1. The zero-order chi connectivity index (χ0) is 16.8.